The van der Waals surface area contributed by atoms with Gasteiger partial charge in [-0.05, 0) is 16.6 Å². The third kappa shape index (κ3) is 0.920. The van der Waals surface area contributed by atoms with Gasteiger partial charge in [-0.1, -0.05) is 20.7 Å². The second kappa shape index (κ2) is 2.26. The van der Waals surface area contributed by atoms with Crippen LogP contribution in [0.3, 0.4) is 0 Å². The SMILES string of the molecule is CC1=Cc2ncnn2C=I1. The molecule has 4 heteroatoms. The van der Waals surface area contributed by atoms with E-state index in [4.69, 9.17) is 0 Å². The van der Waals surface area contributed by atoms with Crippen molar-refractivity contribution in [2.24, 2.45) is 0 Å². The van der Waals surface area contributed by atoms with Gasteiger partial charge in [0.25, 0.3) is 0 Å². The summed E-state index contributed by atoms with van der Waals surface area (Å²) in [7, 11) is 0. The molecule has 0 radical (unpaired) electrons. The number of allylic oxidation sites excluding steroid dienone is 1. The van der Waals surface area contributed by atoms with Crippen LogP contribution in [0.25, 0.3) is 6.08 Å². The first-order valence-electron chi connectivity index (χ1n) is 2.91. The molecule has 0 saturated heterocycles. The van der Waals surface area contributed by atoms with Crippen LogP contribution in [0, 0.1) is 0 Å². The molecule has 0 N–H and O–H groups in total. The molecule has 1 aliphatic heterocycles. The van der Waals surface area contributed by atoms with Crippen LogP contribution in [0.2, 0.25) is 0 Å². The molecule has 0 saturated carbocycles. The van der Waals surface area contributed by atoms with E-state index in [9.17, 15) is 0 Å². The lowest BCUT2D eigenvalue weighted by Crippen LogP contribution is -2.01. The van der Waals surface area contributed by atoms with E-state index in [0.717, 1.165) is 5.82 Å². The maximum atomic E-state index is 4.07. The van der Waals surface area contributed by atoms with Gasteiger partial charge in [-0.2, -0.15) is 5.10 Å². The molecule has 0 aliphatic carbocycles. The lowest BCUT2D eigenvalue weighted by atomic mass is 10.5. The van der Waals surface area contributed by atoms with Crippen LogP contribution >= 0.6 is 20.7 Å². The highest BCUT2D eigenvalue weighted by Gasteiger charge is 2.01. The summed E-state index contributed by atoms with van der Waals surface area (Å²) in [5.41, 5.74) is 0. The van der Waals surface area contributed by atoms with Crippen LogP contribution < -0.4 is 0 Å². The Morgan fingerprint density at radius 2 is 2.50 bits per heavy atom. The van der Waals surface area contributed by atoms with Crippen LogP contribution in [0.15, 0.2) is 9.91 Å². The van der Waals surface area contributed by atoms with E-state index in [0.29, 0.717) is 0 Å². The van der Waals surface area contributed by atoms with Crippen LogP contribution in [-0.4, -0.2) is 18.9 Å². The third-order valence-electron chi connectivity index (χ3n) is 1.24. The Morgan fingerprint density at radius 3 is 3.40 bits per heavy atom. The average molecular weight is 247 g/mol. The smallest absolute Gasteiger partial charge is 0.156 e. The Kier molecular flexibility index (Phi) is 1.40. The minimum Gasteiger partial charge on any atom is -0.215 e. The van der Waals surface area contributed by atoms with Crippen molar-refractivity contribution in [1.29, 1.82) is 0 Å². The fraction of sp³-hybridized carbons (Fsp3) is 0.167. The zero-order valence-corrected chi connectivity index (χ0v) is 7.61. The molecule has 1 aromatic rings. The summed E-state index contributed by atoms with van der Waals surface area (Å²) in [5.74, 6) is 0.962. The number of rotatable bonds is 0. The zero-order chi connectivity index (χ0) is 6.97. The van der Waals surface area contributed by atoms with Crippen LogP contribution in [0.1, 0.15) is 12.7 Å². The molecule has 2 rings (SSSR count). The van der Waals surface area contributed by atoms with Gasteiger partial charge in [0, 0.05) is 0 Å². The minimum absolute atomic E-state index is 0.0856. The van der Waals surface area contributed by atoms with Crippen LogP contribution in [0.4, 0.5) is 0 Å². The normalized spacial score (nSPS) is 15.5. The molecule has 0 bridgehead atoms. The van der Waals surface area contributed by atoms with Gasteiger partial charge in [-0.25, -0.2) is 9.67 Å². The number of aromatic nitrogens is 3. The first kappa shape index (κ1) is 6.21. The van der Waals surface area contributed by atoms with Crippen molar-refractivity contribution < 1.29 is 0 Å². The largest absolute Gasteiger partial charge is 0.215 e. The maximum absolute atomic E-state index is 4.07. The van der Waals surface area contributed by atoms with E-state index in [1.165, 1.54) is 3.58 Å². The molecule has 0 fully saturated rings. The lowest BCUT2D eigenvalue weighted by molar-refractivity contribution is 0.957. The molecule has 0 amide bonds. The second-order valence-electron chi connectivity index (χ2n) is 2.00. The van der Waals surface area contributed by atoms with Gasteiger partial charge in [-0.15, -0.1) is 0 Å². The number of fused-ring (bicyclic) bond motifs is 1. The van der Waals surface area contributed by atoms with Crippen molar-refractivity contribution in [3.8, 4) is 0 Å². The van der Waals surface area contributed by atoms with Gasteiger partial charge in [0.05, 0.1) is 4.14 Å². The molecule has 3 nitrogen and oxygen atoms in total. The van der Waals surface area contributed by atoms with E-state index in [2.05, 4.69) is 27.2 Å². The van der Waals surface area contributed by atoms with Gasteiger partial charge in [-0.3, -0.25) is 0 Å². The van der Waals surface area contributed by atoms with Crippen molar-refractivity contribution in [1.82, 2.24) is 14.8 Å². The molecular formula is C6H6IN3. The molecule has 0 atom stereocenters. The topological polar surface area (TPSA) is 30.7 Å². The molecule has 0 unspecified atom stereocenters. The summed E-state index contributed by atoms with van der Waals surface area (Å²) in [6, 6.07) is 0. The quantitative estimate of drug-likeness (QED) is 0.645. The molecule has 1 aliphatic rings. The molecular weight excluding hydrogens is 241 g/mol. The molecule has 0 aromatic carbocycles. The first-order valence-corrected chi connectivity index (χ1v) is 5.23. The monoisotopic (exact) mass is 247 g/mol. The predicted octanol–water partition coefficient (Wildman–Crippen LogP) is 1.23. The average Bonchev–Trinajstić information content (AvgIpc) is 2.33. The fourth-order valence-corrected chi connectivity index (χ4v) is 2.36. The van der Waals surface area contributed by atoms with Crippen molar-refractivity contribution in [2.45, 2.75) is 6.92 Å². The van der Waals surface area contributed by atoms with Gasteiger partial charge >= 0.3 is 0 Å². The Hall–Kier alpha value is -0.520. The Balaban J connectivity index is 2.62. The van der Waals surface area contributed by atoms with Gasteiger partial charge in [0.1, 0.15) is 6.33 Å². The fourth-order valence-electron chi connectivity index (χ4n) is 0.770. The molecule has 10 heavy (non-hydrogen) atoms. The second-order valence-corrected chi connectivity index (χ2v) is 4.88. The number of nitrogens with zero attached hydrogens (tertiary/aromatic N) is 3. The van der Waals surface area contributed by atoms with Crippen molar-refractivity contribution in [2.75, 3.05) is 0 Å². The standard InChI is InChI=1S/C6H6IN3/c1-5-2-6-8-4-9-10(6)3-7-5/h2-4H,1H3. The molecule has 52 valence electrons. The highest BCUT2D eigenvalue weighted by molar-refractivity contribution is 14.2. The van der Waals surface area contributed by atoms with Gasteiger partial charge in [0.2, 0.25) is 0 Å². The Morgan fingerprint density at radius 1 is 1.60 bits per heavy atom. The first-order chi connectivity index (χ1) is 4.86. The van der Waals surface area contributed by atoms with Crippen molar-refractivity contribution in [3.63, 3.8) is 0 Å². The van der Waals surface area contributed by atoms with Crippen molar-refractivity contribution in [3.05, 3.63) is 15.7 Å². The summed E-state index contributed by atoms with van der Waals surface area (Å²) < 4.78 is 5.43. The van der Waals surface area contributed by atoms with Gasteiger partial charge < -0.3 is 0 Å². The maximum Gasteiger partial charge on any atom is 0.156 e. The lowest BCUT2D eigenvalue weighted by Gasteiger charge is -2.00. The molecule has 1 aromatic heterocycles. The molecule has 0 spiro atoms. The van der Waals surface area contributed by atoms with E-state index in [1.807, 2.05) is 4.68 Å². The Labute approximate surface area is 68.5 Å². The van der Waals surface area contributed by atoms with E-state index in [-0.39, 0.29) is 20.7 Å². The van der Waals surface area contributed by atoms with E-state index in [1.54, 1.807) is 6.33 Å². The third-order valence-corrected chi connectivity index (χ3v) is 3.34. The van der Waals surface area contributed by atoms with E-state index >= 15 is 0 Å². The highest BCUT2D eigenvalue weighted by Crippen LogP contribution is 2.19. The number of hydrogen-bond acceptors (Lipinski definition) is 2. The van der Waals surface area contributed by atoms with Crippen molar-refractivity contribution >= 4 is 30.9 Å². The summed E-state index contributed by atoms with van der Waals surface area (Å²) in [6.07, 6.45) is 3.69. The summed E-state index contributed by atoms with van der Waals surface area (Å²) in [6.45, 7) is 2.14. The zero-order valence-electron chi connectivity index (χ0n) is 5.45. The summed E-state index contributed by atoms with van der Waals surface area (Å²) >= 11 is 0.0856. The summed E-state index contributed by atoms with van der Waals surface area (Å²) in [5, 5.41) is 4.02. The van der Waals surface area contributed by atoms with Crippen LogP contribution in [0.5, 0.6) is 0 Å². The Bertz CT molecular complexity index is 311. The van der Waals surface area contributed by atoms with Crippen LogP contribution in [-0.2, 0) is 0 Å². The van der Waals surface area contributed by atoms with Gasteiger partial charge in [0.15, 0.2) is 5.82 Å². The minimum atomic E-state index is 0.0856. The molecule has 2 heterocycles. The number of hydrogen-bond donors (Lipinski definition) is 0. The predicted molar refractivity (Wildman–Crippen MR) is 49.2 cm³/mol. The number of halogens is 1. The summed E-state index contributed by atoms with van der Waals surface area (Å²) in [4.78, 5) is 4.07. The highest BCUT2D eigenvalue weighted by atomic mass is 127. The van der Waals surface area contributed by atoms with E-state index < -0.39 is 0 Å².